The molecule has 0 fully saturated rings. The summed E-state index contributed by atoms with van der Waals surface area (Å²) in [5, 5.41) is 10.7. The molecule has 0 aromatic carbocycles. The zero-order chi connectivity index (χ0) is 75.5. The first-order valence-electron chi connectivity index (χ1n) is 43.0. The fourth-order valence-electron chi connectivity index (χ4n) is 12.5. The number of aliphatic hydroxyl groups is 1. The van der Waals surface area contributed by atoms with E-state index >= 15 is 0 Å². The Morgan fingerprint density at radius 2 is 0.544 bits per heavy atom. The van der Waals surface area contributed by atoms with E-state index in [9.17, 15) is 43.2 Å². The highest BCUT2D eigenvalue weighted by atomic mass is 31.2. The Bertz CT molecular complexity index is 2060. The van der Waals surface area contributed by atoms with Crippen LogP contribution >= 0.6 is 15.6 Å². The van der Waals surface area contributed by atoms with Crippen molar-refractivity contribution in [2.75, 3.05) is 39.6 Å². The Kier molecular flexibility index (Phi) is 74.5. The number of hydrogen-bond acceptors (Lipinski definition) is 15. The van der Waals surface area contributed by atoms with Crippen LogP contribution in [0.25, 0.3) is 0 Å². The van der Waals surface area contributed by atoms with Crippen LogP contribution in [-0.2, 0) is 65.4 Å². The van der Waals surface area contributed by atoms with Gasteiger partial charge < -0.3 is 33.8 Å². The van der Waals surface area contributed by atoms with Gasteiger partial charge in [-0.2, -0.15) is 0 Å². The Balaban J connectivity index is 5.26. The molecule has 0 amide bonds. The smallest absolute Gasteiger partial charge is 0.462 e. The molecule has 0 aliphatic carbocycles. The van der Waals surface area contributed by atoms with Crippen LogP contribution in [-0.4, -0.2) is 96.7 Å². The molecule has 0 aromatic rings. The number of hydrogen-bond donors (Lipinski definition) is 3. The average molecular weight is 1500 g/mol. The van der Waals surface area contributed by atoms with Crippen LogP contribution in [0.4, 0.5) is 0 Å². The summed E-state index contributed by atoms with van der Waals surface area (Å²) in [4.78, 5) is 73.1. The van der Waals surface area contributed by atoms with Crippen molar-refractivity contribution >= 4 is 39.5 Å². The number of allylic oxidation sites excluding steroid dienone is 4. The third-order valence-electron chi connectivity index (χ3n) is 19.5. The number of rotatable bonds is 82. The van der Waals surface area contributed by atoms with Gasteiger partial charge in [-0.1, -0.05) is 374 Å². The minimum atomic E-state index is -4.97. The van der Waals surface area contributed by atoms with E-state index < -0.39 is 97.5 Å². The number of phosphoric acid groups is 2. The molecule has 0 rings (SSSR count). The molecule has 3 N–H and O–H groups in total. The van der Waals surface area contributed by atoms with E-state index in [0.29, 0.717) is 25.7 Å². The van der Waals surface area contributed by atoms with Crippen LogP contribution in [0.5, 0.6) is 0 Å². The van der Waals surface area contributed by atoms with E-state index in [1.165, 1.54) is 231 Å². The van der Waals surface area contributed by atoms with Crippen molar-refractivity contribution in [2.24, 2.45) is 5.92 Å². The number of carbonyl (C=O) groups excluding carboxylic acids is 4. The van der Waals surface area contributed by atoms with Gasteiger partial charge in [-0.15, -0.1) is 0 Å². The molecule has 0 radical (unpaired) electrons. The molecule has 0 aliphatic heterocycles. The van der Waals surface area contributed by atoms with Gasteiger partial charge >= 0.3 is 39.5 Å². The van der Waals surface area contributed by atoms with Gasteiger partial charge in [0.05, 0.1) is 26.4 Å². The summed E-state index contributed by atoms with van der Waals surface area (Å²) in [6, 6.07) is 0. The van der Waals surface area contributed by atoms with Crippen LogP contribution < -0.4 is 0 Å². The van der Waals surface area contributed by atoms with Crippen LogP contribution in [0.2, 0.25) is 0 Å². The molecule has 0 spiro atoms. The summed E-state index contributed by atoms with van der Waals surface area (Å²) in [5.74, 6) is -1.33. The van der Waals surface area contributed by atoms with Gasteiger partial charge in [0.15, 0.2) is 12.2 Å². The minimum Gasteiger partial charge on any atom is -0.462 e. The van der Waals surface area contributed by atoms with Crippen LogP contribution in [0.15, 0.2) is 24.3 Å². The lowest BCUT2D eigenvalue weighted by molar-refractivity contribution is -0.161. The number of unbranched alkanes of at least 4 members (excludes halogenated alkanes) is 50. The van der Waals surface area contributed by atoms with E-state index in [1.807, 2.05) is 0 Å². The molecule has 0 bridgehead atoms. The molecule has 19 heteroatoms. The van der Waals surface area contributed by atoms with Gasteiger partial charge in [0, 0.05) is 25.7 Å². The Morgan fingerprint density at radius 1 is 0.311 bits per heavy atom. The zero-order valence-electron chi connectivity index (χ0n) is 66.9. The summed E-state index contributed by atoms with van der Waals surface area (Å²) in [6.07, 6.45) is 71.5. The lowest BCUT2D eigenvalue weighted by atomic mass is 9.99. The second-order valence-electron chi connectivity index (χ2n) is 29.8. The summed E-state index contributed by atoms with van der Waals surface area (Å²) < 4.78 is 68.8. The Morgan fingerprint density at radius 3 is 0.825 bits per heavy atom. The number of phosphoric ester groups is 2. The molecule has 0 saturated heterocycles. The maximum Gasteiger partial charge on any atom is 0.472 e. The van der Waals surface area contributed by atoms with Gasteiger partial charge in [-0.25, -0.2) is 9.13 Å². The topological polar surface area (TPSA) is 237 Å². The fraction of sp³-hybridized carbons (Fsp3) is 0.905. The number of esters is 4. The average Bonchev–Trinajstić information content (AvgIpc) is 0.910. The van der Waals surface area contributed by atoms with E-state index in [1.54, 1.807) is 0 Å². The molecule has 0 saturated carbocycles. The predicted molar refractivity (Wildman–Crippen MR) is 423 cm³/mol. The maximum absolute atomic E-state index is 13.1. The highest BCUT2D eigenvalue weighted by Gasteiger charge is 2.30. The standard InChI is InChI=1S/C84H160O17P2/c1-6-10-13-16-19-22-25-28-30-31-32-33-34-35-36-38-40-43-49-54-59-64-69-83(88)100-79(73-95-82(87)68-63-58-53-48-42-39-37-29-26-23-20-17-14-11-7-2)75-98-102(90,91)96-71-78(85)72-97-103(92,93)99-76-80(74-94-81(86)67-62-57-52-47-41-27-24-21-18-15-12-8-3)101-84(89)70-65-60-55-50-45-44-46-51-56-61-66-77(5)9-4/h23,26,29,37,77-80,85H,6-22,24-25,27-28,30-36,38-76H2,1-5H3,(H,90,91)(H,92,93)/b26-23-,37-29-/t77?,78-,79-,80-/m1/s1. The molecule has 0 aromatic heterocycles. The van der Waals surface area contributed by atoms with Crippen LogP contribution in [0.1, 0.15) is 426 Å². The highest BCUT2D eigenvalue weighted by Crippen LogP contribution is 2.45. The van der Waals surface area contributed by atoms with Crippen molar-refractivity contribution in [1.82, 2.24) is 0 Å². The van der Waals surface area contributed by atoms with E-state index in [4.69, 9.17) is 37.0 Å². The van der Waals surface area contributed by atoms with Crippen molar-refractivity contribution in [1.29, 1.82) is 0 Å². The SMILES string of the molecule is CCCCCC/C=C\C=C/CCCCCCCC(=O)OC[C@H](COP(=O)(O)OC[C@@H](O)COP(=O)(O)OC[C@@H](COC(=O)CCCCCCCCCCCCCC)OC(=O)CCCCCCCCCCCCC(C)CC)OC(=O)CCCCCCCCCCCCCCCCCCCCCCCC. The third-order valence-corrected chi connectivity index (χ3v) is 21.4. The maximum atomic E-state index is 13.1. The fourth-order valence-corrected chi connectivity index (χ4v) is 14.1. The Labute approximate surface area is 631 Å². The van der Waals surface area contributed by atoms with Crippen molar-refractivity contribution in [3.63, 3.8) is 0 Å². The first kappa shape index (κ1) is 101. The number of aliphatic hydroxyl groups excluding tert-OH is 1. The van der Waals surface area contributed by atoms with Crippen molar-refractivity contribution in [2.45, 2.75) is 445 Å². The van der Waals surface area contributed by atoms with Crippen molar-refractivity contribution in [3.05, 3.63) is 24.3 Å². The molecule has 608 valence electrons. The summed E-state index contributed by atoms with van der Waals surface area (Å²) in [5.41, 5.74) is 0. The largest absolute Gasteiger partial charge is 0.472 e. The molecule has 0 aliphatic rings. The van der Waals surface area contributed by atoms with Crippen LogP contribution in [0, 0.1) is 5.92 Å². The lowest BCUT2D eigenvalue weighted by Crippen LogP contribution is -2.30. The van der Waals surface area contributed by atoms with Crippen molar-refractivity contribution < 1.29 is 80.2 Å². The molecule has 17 nitrogen and oxygen atoms in total. The molecule has 6 atom stereocenters. The van der Waals surface area contributed by atoms with E-state index in [2.05, 4.69) is 58.9 Å². The first-order chi connectivity index (χ1) is 50.1. The molecular formula is C84H160O17P2. The van der Waals surface area contributed by atoms with Gasteiger partial charge in [-0.3, -0.25) is 37.3 Å². The first-order valence-corrected chi connectivity index (χ1v) is 46.0. The van der Waals surface area contributed by atoms with Crippen molar-refractivity contribution in [3.8, 4) is 0 Å². The monoisotopic (exact) mass is 1500 g/mol. The van der Waals surface area contributed by atoms with E-state index in [-0.39, 0.29) is 25.7 Å². The highest BCUT2D eigenvalue weighted by molar-refractivity contribution is 7.47. The van der Waals surface area contributed by atoms with Crippen LogP contribution in [0.3, 0.4) is 0 Å². The molecular weight excluding hydrogens is 1340 g/mol. The summed E-state index contributed by atoms with van der Waals surface area (Å²) in [7, 11) is -9.93. The summed E-state index contributed by atoms with van der Waals surface area (Å²) >= 11 is 0. The normalized spacial score (nSPS) is 14.2. The molecule has 103 heavy (non-hydrogen) atoms. The van der Waals surface area contributed by atoms with Gasteiger partial charge in [0.1, 0.15) is 19.3 Å². The number of carbonyl (C=O) groups is 4. The third kappa shape index (κ3) is 76.1. The molecule has 0 heterocycles. The number of ether oxygens (including phenoxy) is 4. The van der Waals surface area contributed by atoms with Gasteiger partial charge in [0.2, 0.25) is 0 Å². The minimum absolute atomic E-state index is 0.102. The lowest BCUT2D eigenvalue weighted by Gasteiger charge is -2.21. The second kappa shape index (κ2) is 76.3. The van der Waals surface area contributed by atoms with Gasteiger partial charge in [-0.05, 0) is 57.3 Å². The van der Waals surface area contributed by atoms with E-state index in [0.717, 1.165) is 115 Å². The van der Waals surface area contributed by atoms with Gasteiger partial charge in [0.25, 0.3) is 0 Å². The predicted octanol–water partition coefficient (Wildman–Crippen LogP) is 25.1. The quantitative estimate of drug-likeness (QED) is 0.0169. The Hall–Kier alpha value is -2.46. The summed E-state index contributed by atoms with van der Waals surface area (Å²) in [6.45, 7) is 7.30. The zero-order valence-corrected chi connectivity index (χ0v) is 68.7. The molecule has 3 unspecified atom stereocenters. The second-order valence-corrected chi connectivity index (χ2v) is 32.7.